The number of carbonyl (C=O) groups is 2. The highest BCUT2D eigenvalue weighted by Gasteiger charge is 2.35. The molecule has 0 saturated carbocycles. The van der Waals surface area contributed by atoms with Gasteiger partial charge < -0.3 is 14.5 Å². The second kappa shape index (κ2) is 10.2. The average Bonchev–Trinajstić information content (AvgIpc) is 2.80. The van der Waals surface area contributed by atoms with Crippen LogP contribution in [0.1, 0.15) is 41.6 Å². The third-order valence-corrected chi connectivity index (χ3v) is 6.32. The molecular weight excluding hydrogens is 414 g/mol. The number of rotatable bonds is 5. The van der Waals surface area contributed by atoms with Crippen molar-refractivity contribution in [3.05, 3.63) is 71.3 Å². The Morgan fingerprint density at radius 1 is 0.906 bits per heavy atom. The molecule has 0 spiro atoms. The van der Waals surface area contributed by atoms with Crippen LogP contribution < -0.4 is 0 Å². The molecule has 2 aromatic rings. The van der Waals surface area contributed by atoms with E-state index in [4.69, 9.17) is 4.74 Å². The van der Waals surface area contributed by atoms with Gasteiger partial charge in [-0.05, 0) is 43.4 Å². The number of halogens is 2. The van der Waals surface area contributed by atoms with Crippen LogP contribution in [0.5, 0.6) is 0 Å². The van der Waals surface area contributed by atoms with Gasteiger partial charge in [-0.15, -0.1) is 0 Å². The molecule has 2 aliphatic heterocycles. The SMILES string of the molecule is O=C(c1cc(F)cc(F)c1)N1CCC(N(C(=O)Cc2ccccc2)C2CCOCC2)CC1. The van der Waals surface area contributed by atoms with Crippen LogP contribution >= 0.6 is 0 Å². The van der Waals surface area contributed by atoms with Crippen molar-refractivity contribution in [2.45, 2.75) is 44.2 Å². The second-order valence-electron chi connectivity index (χ2n) is 8.49. The summed E-state index contributed by atoms with van der Waals surface area (Å²) in [7, 11) is 0. The lowest BCUT2D eigenvalue weighted by molar-refractivity contribution is -0.139. The van der Waals surface area contributed by atoms with Crippen molar-refractivity contribution in [2.24, 2.45) is 0 Å². The Hall–Kier alpha value is -2.80. The largest absolute Gasteiger partial charge is 0.381 e. The minimum atomic E-state index is -0.763. The molecular formula is C25H28F2N2O3. The van der Waals surface area contributed by atoms with Gasteiger partial charge in [-0.2, -0.15) is 0 Å². The zero-order chi connectivity index (χ0) is 22.5. The van der Waals surface area contributed by atoms with E-state index in [9.17, 15) is 18.4 Å². The Morgan fingerprint density at radius 3 is 2.12 bits per heavy atom. The van der Waals surface area contributed by atoms with E-state index in [1.807, 2.05) is 35.2 Å². The Kier molecular flexibility index (Phi) is 7.15. The van der Waals surface area contributed by atoms with E-state index in [0.29, 0.717) is 45.6 Å². The summed E-state index contributed by atoms with van der Waals surface area (Å²) in [5.41, 5.74) is 0.998. The molecule has 2 heterocycles. The molecule has 2 amide bonds. The fourth-order valence-electron chi connectivity index (χ4n) is 4.74. The number of nitrogens with zero attached hydrogens (tertiary/aromatic N) is 2. The Balaban J connectivity index is 1.44. The molecule has 2 fully saturated rings. The maximum Gasteiger partial charge on any atom is 0.254 e. The van der Waals surface area contributed by atoms with E-state index in [1.165, 1.54) is 0 Å². The molecule has 4 rings (SSSR count). The van der Waals surface area contributed by atoms with Gasteiger partial charge in [0.15, 0.2) is 0 Å². The van der Waals surface area contributed by atoms with Crippen LogP contribution in [0.3, 0.4) is 0 Å². The summed E-state index contributed by atoms with van der Waals surface area (Å²) in [5.74, 6) is -1.81. The van der Waals surface area contributed by atoms with Gasteiger partial charge in [-0.25, -0.2) is 8.78 Å². The van der Waals surface area contributed by atoms with Gasteiger partial charge in [0.25, 0.3) is 5.91 Å². The van der Waals surface area contributed by atoms with Crippen molar-refractivity contribution >= 4 is 11.8 Å². The predicted molar refractivity (Wildman–Crippen MR) is 116 cm³/mol. The normalized spacial score (nSPS) is 17.9. The van der Waals surface area contributed by atoms with Gasteiger partial charge in [0.2, 0.25) is 5.91 Å². The summed E-state index contributed by atoms with van der Waals surface area (Å²) in [4.78, 5) is 29.7. The molecule has 7 heteroatoms. The van der Waals surface area contributed by atoms with Crippen LogP contribution in [-0.4, -0.2) is 60.0 Å². The lowest BCUT2D eigenvalue weighted by atomic mass is 9.96. The molecule has 2 saturated heterocycles. The molecule has 2 aliphatic rings. The minimum Gasteiger partial charge on any atom is -0.381 e. The molecule has 0 aliphatic carbocycles. The smallest absolute Gasteiger partial charge is 0.254 e. The van der Waals surface area contributed by atoms with Crippen molar-refractivity contribution in [1.29, 1.82) is 0 Å². The number of hydrogen-bond donors (Lipinski definition) is 0. The number of ether oxygens (including phenoxy) is 1. The van der Waals surface area contributed by atoms with Crippen molar-refractivity contribution in [1.82, 2.24) is 9.80 Å². The molecule has 0 atom stereocenters. The number of carbonyl (C=O) groups excluding carboxylic acids is 2. The van der Waals surface area contributed by atoms with Crippen LogP contribution in [0.25, 0.3) is 0 Å². The monoisotopic (exact) mass is 442 g/mol. The molecule has 0 radical (unpaired) electrons. The highest BCUT2D eigenvalue weighted by atomic mass is 19.1. The highest BCUT2D eigenvalue weighted by Crippen LogP contribution is 2.26. The van der Waals surface area contributed by atoms with Crippen LogP contribution in [0.15, 0.2) is 48.5 Å². The molecule has 2 aromatic carbocycles. The maximum atomic E-state index is 13.5. The first-order valence-corrected chi connectivity index (χ1v) is 11.2. The fraction of sp³-hybridized carbons (Fsp3) is 0.440. The van der Waals surface area contributed by atoms with Crippen molar-refractivity contribution in [3.8, 4) is 0 Å². The van der Waals surface area contributed by atoms with Crippen LogP contribution in [0.2, 0.25) is 0 Å². The number of benzene rings is 2. The van der Waals surface area contributed by atoms with Gasteiger partial charge >= 0.3 is 0 Å². The topological polar surface area (TPSA) is 49.9 Å². The Labute approximate surface area is 187 Å². The van der Waals surface area contributed by atoms with Crippen LogP contribution in [0.4, 0.5) is 8.78 Å². The molecule has 0 N–H and O–H groups in total. The Morgan fingerprint density at radius 2 is 1.50 bits per heavy atom. The Bertz CT molecular complexity index is 919. The summed E-state index contributed by atoms with van der Waals surface area (Å²) < 4.78 is 32.6. The predicted octanol–water partition coefficient (Wildman–Crippen LogP) is 3.82. The maximum absolute atomic E-state index is 13.5. The highest BCUT2D eigenvalue weighted by molar-refractivity contribution is 5.94. The molecule has 170 valence electrons. The van der Waals surface area contributed by atoms with Crippen molar-refractivity contribution < 1.29 is 23.1 Å². The van der Waals surface area contributed by atoms with Gasteiger partial charge in [0, 0.05) is 50.0 Å². The van der Waals surface area contributed by atoms with Crippen LogP contribution in [0, 0.1) is 11.6 Å². The first-order valence-electron chi connectivity index (χ1n) is 11.2. The number of amides is 2. The lowest BCUT2D eigenvalue weighted by Gasteiger charge is -2.43. The zero-order valence-corrected chi connectivity index (χ0v) is 18.0. The van der Waals surface area contributed by atoms with E-state index in [0.717, 1.165) is 36.6 Å². The summed E-state index contributed by atoms with van der Waals surface area (Å²) in [6, 6.07) is 12.8. The first kappa shape index (κ1) is 22.4. The third-order valence-electron chi connectivity index (χ3n) is 6.32. The van der Waals surface area contributed by atoms with E-state index < -0.39 is 11.6 Å². The van der Waals surface area contributed by atoms with E-state index in [1.54, 1.807) is 4.90 Å². The molecule has 0 bridgehead atoms. The third kappa shape index (κ3) is 5.33. The van der Waals surface area contributed by atoms with Gasteiger partial charge in [-0.3, -0.25) is 9.59 Å². The van der Waals surface area contributed by atoms with Gasteiger partial charge in [0.1, 0.15) is 11.6 Å². The zero-order valence-electron chi connectivity index (χ0n) is 18.0. The van der Waals surface area contributed by atoms with Crippen LogP contribution in [-0.2, 0) is 16.0 Å². The summed E-state index contributed by atoms with van der Waals surface area (Å²) in [5, 5.41) is 0. The second-order valence-corrected chi connectivity index (χ2v) is 8.49. The molecule has 0 unspecified atom stereocenters. The molecule has 32 heavy (non-hydrogen) atoms. The molecule has 0 aromatic heterocycles. The quantitative estimate of drug-likeness (QED) is 0.708. The molecule has 5 nitrogen and oxygen atoms in total. The fourth-order valence-corrected chi connectivity index (χ4v) is 4.74. The lowest BCUT2D eigenvalue weighted by Crippen LogP contribution is -2.54. The summed E-state index contributed by atoms with van der Waals surface area (Å²) in [6.45, 7) is 2.17. The van der Waals surface area contributed by atoms with Crippen molar-refractivity contribution in [3.63, 3.8) is 0 Å². The summed E-state index contributed by atoms with van der Waals surface area (Å²) >= 11 is 0. The van der Waals surface area contributed by atoms with E-state index in [-0.39, 0.29) is 29.5 Å². The van der Waals surface area contributed by atoms with E-state index in [2.05, 4.69) is 0 Å². The first-order chi connectivity index (χ1) is 15.5. The number of likely N-dealkylation sites (tertiary alicyclic amines) is 1. The number of piperidine rings is 1. The number of hydrogen-bond acceptors (Lipinski definition) is 3. The van der Waals surface area contributed by atoms with Crippen molar-refractivity contribution in [2.75, 3.05) is 26.3 Å². The standard InChI is InChI=1S/C25H28F2N2O3/c26-20-15-19(16-21(27)17-20)25(31)28-10-6-22(7-11-28)29(23-8-12-32-13-9-23)24(30)14-18-4-2-1-3-5-18/h1-5,15-17,22-23H,6-14H2. The van der Waals surface area contributed by atoms with Gasteiger partial charge in [0.05, 0.1) is 6.42 Å². The summed E-state index contributed by atoms with van der Waals surface area (Å²) in [6.07, 6.45) is 3.24. The minimum absolute atomic E-state index is 0.0161. The average molecular weight is 443 g/mol. The van der Waals surface area contributed by atoms with E-state index >= 15 is 0 Å². The van der Waals surface area contributed by atoms with Gasteiger partial charge in [-0.1, -0.05) is 30.3 Å².